The van der Waals surface area contributed by atoms with Gasteiger partial charge in [0, 0.05) is 6.54 Å². The Hall–Kier alpha value is -3.52. The summed E-state index contributed by atoms with van der Waals surface area (Å²) in [5.74, 6) is -0.216. The topological polar surface area (TPSA) is 92.2 Å². The summed E-state index contributed by atoms with van der Waals surface area (Å²) in [6, 6.07) is 18.9. The molecule has 0 saturated carbocycles. The van der Waals surface area contributed by atoms with E-state index in [0.29, 0.717) is 6.54 Å². The van der Waals surface area contributed by atoms with Crippen LogP contribution in [0.2, 0.25) is 0 Å². The molecule has 1 unspecified atom stereocenters. The van der Waals surface area contributed by atoms with E-state index in [4.69, 9.17) is 0 Å². The number of nitrogens with zero attached hydrogens (tertiary/aromatic N) is 4. The second-order valence-corrected chi connectivity index (χ2v) is 7.05. The summed E-state index contributed by atoms with van der Waals surface area (Å²) in [6.45, 7) is 5.97. The molecule has 0 bridgehead atoms. The van der Waals surface area contributed by atoms with E-state index < -0.39 is 6.04 Å². The van der Waals surface area contributed by atoms with Crippen LogP contribution in [0.4, 0.5) is 5.95 Å². The van der Waals surface area contributed by atoms with Gasteiger partial charge < -0.3 is 5.32 Å². The minimum absolute atomic E-state index is 0.0217. The molecule has 162 valence electrons. The molecular weight excluding hydrogens is 392 g/mol. The van der Waals surface area contributed by atoms with E-state index in [0.717, 1.165) is 24.2 Å². The number of amides is 2. The van der Waals surface area contributed by atoms with Crippen LogP contribution >= 0.6 is 0 Å². The molecule has 3 rings (SSSR count). The summed E-state index contributed by atoms with van der Waals surface area (Å²) in [5, 5.41) is 9.86. The highest BCUT2D eigenvalue weighted by atomic mass is 16.2. The standard InChI is InChI=1S/C23H28N6O2/c1-3-28(4-2)21(19-13-9-6-10-14-19)22(31)26-23-25-17-29(27-23)16-20(30)24-15-18-11-7-5-8-12-18/h5-14,17,21H,3-4,15-16H2,1-2H3,(H,24,30)(H,26,27,31). The lowest BCUT2D eigenvalue weighted by Crippen LogP contribution is -2.37. The summed E-state index contributed by atoms with van der Waals surface area (Å²) in [4.78, 5) is 31.4. The summed E-state index contributed by atoms with van der Waals surface area (Å²) in [7, 11) is 0. The quantitative estimate of drug-likeness (QED) is 0.526. The first kappa shape index (κ1) is 22.2. The first-order valence-electron chi connectivity index (χ1n) is 10.4. The molecule has 3 aromatic rings. The van der Waals surface area contributed by atoms with Crippen LogP contribution in [0.5, 0.6) is 0 Å². The van der Waals surface area contributed by atoms with Crippen molar-refractivity contribution in [2.45, 2.75) is 33.0 Å². The smallest absolute Gasteiger partial charge is 0.248 e. The van der Waals surface area contributed by atoms with Crippen LogP contribution in [0.15, 0.2) is 67.0 Å². The van der Waals surface area contributed by atoms with Crippen LogP contribution in [-0.2, 0) is 22.7 Å². The molecule has 0 aliphatic heterocycles. The number of anilines is 1. The predicted molar refractivity (Wildman–Crippen MR) is 119 cm³/mol. The average molecular weight is 421 g/mol. The zero-order valence-electron chi connectivity index (χ0n) is 17.9. The zero-order valence-corrected chi connectivity index (χ0v) is 17.9. The van der Waals surface area contributed by atoms with Gasteiger partial charge in [-0.3, -0.25) is 19.8 Å². The Morgan fingerprint density at radius 3 is 2.29 bits per heavy atom. The number of rotatable bonds is 10. The largest absolute Gasteiger partial charge is 0.350 e. The fourth-order valence-corrected chi connectivity index (χ4v) is 3.36. The van der Waals surface area contributed by atoms with Crippen LogP contribution in [0.1, 0.15) is 31.0 Å². The van der Waals surface area contributed by atoms with E-state index in [1.807, 2.05) is 74.5 Å². The molecule has 0 saturated heterocycles. The number of hydrogen-bond acceptors (Lipinski definition) is 5. The highest BCUT2D eigenvalue weighted by Crippen LogP contribution is 2.21. The molecule has 0 radical (unpaired) electrons. The van der Waals surface area contributed by atoms with Gasteiger partial charge in [-0.2, -0.15) is 0 Å². The van der Waals surface area contributed by atoms with Gasteiger partial charge in [-0.15, -0.1) is 5.10 Å². The van der Waals surface area contributed by atoms with Gasteiger partial charge in [0.15, 0.2) is 0 Å². The van der Waals surface area contributed by atoms with Gasteiger partial charge in [-0.05, 0) is 24.2 Å². The lowest BCUT2D eigenvalue weighted by molar-refractivity contribution is -0.122. The molecule has 1 aromatic heterocycles. The molecule has 0 aliphatic rings. The van der Waals surface area contributed by atoms with Gasteiger partial charge in [0.25, 0.3) is 0 Å². The first-order valence-corrected chi connectivity index (χ1v) is 10.4. The van der Waals surface area contributed by atoms with Gasteiger partial charge in [0.05, 0.1) is 0 Å². The minimum atomic E-state index is -0.447. The molecule has 31 heavy (non-hydrogen) atoms. The summed E-state index contributed by atoms with van der Waals surface area (Å²) >= 11 is 0. The van der Waals surface area contributed by atoms with E-state index in [-0.39, 0.29) is 24.3 Å². The van der Waals surface area contributed by atoms with Crippen molar-refractivity contribution in [1.82, 2.24) is 25.0 Å². The van der Waals surface area contributed by atoms with Gasteiger partial charge in [0.1, 0.15) is 18.9 Å². The van der Waals surface area contributed by atoms with Crippen molar-refractivity contribution in [3.05, 3.63) is 78.1 Å². The van der Waals surface area contributed by atoms with Crippen LogP contribution in [0, 0.1) is 0 Å². The van der Waals surface area contributed by atoms with E-state index in [2.05, 4.69) is 25.6 Å². The molecule has 8 heteroatoms. The van der Waals surface area contributed by atoms with Gasteiger partial charge in [-0.1, -0.05) is 74.5 Å². The molecule has 2 N–H and O–H groups in total. The number of carbonyl (C=O) groups is 2. The Kier molecular flexibility index (Phi) is 7.89. The monoisotopic (exact) mass is 420 g/mol. The Labute approximate surface area is 182 Å². The van der Waals surface area contributed by atoms with Gasteiger partial charge in [0.2, 0.25) is 17.8 Å². The Morgan fingerprint density at radius 2 is 1.65 bits per heavy atom. The molecule has 2 amide bonds. The lowest BCUT2D eigenvalue weighted by Gasteiger charge is -2.28. The normalized spacial score (nSPS) is 11.8. The number of nitrogens with one attached hydrogen (secondary N) is 2. The first-order chi connectivity index (χ1) is 15.1. The molecule has 0 fully saturated rings. The predicted octanol–water partition coefficient (Wildman–Crippen LogP) is 2.62. The van der Waals surface area contributed by atoms with Gasteiger partial charge in [-0.25, -0.2) is 9.67 Å². The molecule has 0 spiro atoms. The van der Waals surface area contributed by atoms with Crippen molar-refractivity contribution < 1.29 is 9.59 Å². The van der Waals surface area contributed by atoms with E-state index in [1.54, 1.807) is 0 Å². The third-order valence-corrected chi connectivity index (χ3v) is 4.95. The number of carbonyl (C=O) groups excluding carboxylic acids is 2. The molecule has 2 aromatic carbocycles. The number of benzene rings is 2. The van der Waals surface area contributed by atoms with E-state index in [9.17, 15) is 9.59 Å². The van der Waals surface area contributed by atoms with Crippen molar-refractivity contribution >= 4 is 17.8 Å². The Morgan fingerprint density at radius 1 is 1.00 bits per heavy atom. The van der Waals surface area contributed by atoms with E-state index in [1.165, 1.54) is 11.0 Å². The highest BCUT2D eigenvalue weighted by molar-refractivity contribution is 5.94. The van der Waals surface area contributed by atoms with Crippen LogP contribution in [-0.4, -0.2) is 44.6 Å². The average Bonchev–Trinajstić information content (AvgIpc) is 3.23. The number of hydrogen-bond donors (Lipinski definition) is 2. The fourth-order valence-electron chi connectivity index (χ4n) is 3.36. The van der Waals surface area contributed by atoms with Crippen LogP contribution < -0.4 is 10.6 Å². The summed E-state index contributed by atoms with van der Waals surface area (Å²) in [5.41, 5.74) is 1.93. The summed E-state index contributed by atoms with van der Waals surface area (Å²) in [6.07, 6.45) is 1.44. The molecular formula is C23H28N6O2. The van der Waals surface area contributed by atoms with Crippen molar-refractivity contribution in [2.24, 2.45) is 0 Å². The lowest BCUT2D eigenvalue weighted by atomic mass is 10.0. The number of likely N-dealkylation sites (N-methyl/N-ethyl adjacent to an activating group) is 1. The third-order valence-electron chi connectivity index (χ3n) is 4.95. The van der Waals surface area contributed by atoms with Crippen molar-refractivity contribution in [2.75, 3.05) is 18.4 Å². The fraction of sp³-hybridized carbons (Fsp3) is 0.304. The minimum Gasteiger partial charge on any atom is -0.350 e. The van der Waals surface area contributed by atoms with Crippen molar-refractivity contribution in [3.63, 3.8) is 0 Å². The van der Waals surface area contributed by atoms with E-state index >= 15 is 0 Å². The molecule has 8 nitrogen and oxygen atoms in total. The molecule has 0 aliphatic carbocycles. The second-order valence-electron chi connectivity index (χ2n) is 7.05. The zero-order chi connectivity index (χ0) is 22.1. The highest BCUT2D eigenvalue weighted by Gasteiger charge is 2.26. The maximum absolute atomic E-state index is 13.0. The Balaban J connectivity index is 1.60. The van der Waals surface area contributed by atoms with Crippen molar-refractivity contribution in [3.8, 4) is 0 Å². The van der Waals surface area contributed by atoms with Crippen molar-refractivity contribution in [1.29, 1.82) is 0 Å². The van der Waals surface area contributed by atoms with Gasteiger partial charge >= 0.3 is 0 Å². The second kappa shape index (κ2) is 11.0. The maximum Gasteiger partial charge on any atom is 0.248 e. The Bertz CT molecular complexity index is 970. The van der Waals surface area contributed by atoms with Crippen LogP contribution in [0.3, 0.4) is 0 Å². The summed E-state index contributed by atoms with van der Waals surface area (Å²) < 4.78 is 1.41. The maximum atomic E-state index is 13.0. The number of aromatic nitrogens is 3. The molecule has 1 atom stereocenters. The van der Waals surface area contributed by atoms with Crippen LogP contribution in [0.25, 0.3) is 0 Å². The molecule has 1 heterocycles. The SMILES string of the molecule is CCN(CC)C(C(=O)Nc1ncn(CC(=O)NCc2ccccc2)n1)c1ccccc1. The third kappa shape index (κ3) is 6.23.